The largest absolute Gasteiger partial charge is 0.383 e. The smallest absolute Gasteiger partial charge is 0.184 e. The molecule has 3 nitrogen and oxygen atoms in total. The summed E-state index contributed by atoms with van der Waals surface area (Å²) >= 11 is 1.71. The number of nitrogens with one attached hydrogen (secondary N) is 1. The summed E-state index contributed by atoms with van der Waals surface area (Å²) < 4.78 is 6.48. The van der Waals surface area contributed by atoms with Gasteiger partial charge in [-0.25, -0.2) is 4.98 Å². The molecule has 0 saturated carbocycles. The first kappa shape index (κ1) is 13.3. The van der Waals surface area contributed by atoms with Gasteiger partial charge in [-0.2, -0.15) is 0 Å². The topological polar surface area (TPSA) is 34.1 Å². The number of thiazole rings is 1. The molecule has 1 aromatic carbocycles. The summed E-state index contributed by atoms with van der Waals surface area (Å²) in [7, 11) is 1.74. The molecule has 0 amide bonds. The molecule has 0 spiro atoms. The average Bonchev–Trinajstić information content (AvgIpc) is 2.72. The molecule has 2 aromatic rings. The number of rotatable bonds is 5. The minimum Gasteiger partial charge on any atom is -0.383 e. The number of hydrogen-bond acceptors (Lipinski definition) is 4. The lowest BCUT2D eigenvalue weighted by molar-refractivity contribution is 0.171. The molecule has 98 valence electrons. The van der Waals surface area contributed by atoms with Crippen molar-refractivity contribution in [1.29, 1.82) is 0 Å². The van der Waals surface area contributed by atoms with Crippen LogP contribution in [0, 0.1) is 12.8 Å². The lowest BCUT2D eigenvalue weighted by Crippen LogP contribution is -2.30. The van der Waals surface area contributed by atoms with Gasteiger partial charge in [0.15, 0.2) is 5.13 Å². The second-order valence-corrected chi connectivity index (χ2v) is 5.92. The Bertz CT molecular complexity index is 521. The molecule has 1 aromatic heterocycles. The molecule has 1 unspecified atom stereocenters. The van der Waals surface area contributed by atoms with E-state index < -0.39 is 0 Å². The van der Waals surface area contributed by atoms with Crippen LogP contribution in [0.15, 0.2) is 18.2 Å². The number of methoxy groups -OCH3 is 1. The van der Waals surface area contributed by atoms with Gasteiger partial charge in [-0.1, -0.05) is 37.3 Å². The Morgan fingerprint density at radius 2 is 2.17 bits per heavy atom. The fraction of sp³-hybridized carbons (Fsp3) is 0.500. The number of nitrogens with zero attached hydrogens (tertiary/aromatic N) is 1. The van der Waals surface area contributed by atoms with Crippen LogP contribution in [0.5, 0.6) is 0 Å². The van der Waals surface area contributed by atoms with E-state index >= 15 is 0 Å². The first-order valence-electron chi connectivity index (χ1n) is 6.23. The molecule has 1 N–H and O–H groups in total. The predicted octanol–water partition coefficient (Wildman–Crippen LogP) is 3.69. The van der Waals surface area contributed by atoms with Crippen molar-refractivity contribution in [1.82, 2.24) is 4.98 Å². The van der Waals surface area contributed by atoms with Crippen molar-refractivity contribution in [3.63, 3.8) is 0 Å². The predicted molar refractivity (Wildman–Crippen MR) is 78.5 cm³/mol. The molecule has 18 heavy (non-hydrogen) atoms. The van der Waals surface area contributed by atoms with Crippen LogP contribution in [0.1, 0.15) is 19.4 Å². The maximum Gasteiger partial charge on any atom is 0.184 e. The first-order chi connectivity index (χ1) is 8.61. The number of anilines is 1. The Balaban J connectivity index is 2.23. The van der Waals surface area contributed by atoms with Gasteiger partial charge in [0.1, 0.15) is 0 Å². The Labute approximate surface area is 112 Å². The van der Waals surface area contributed by atoms with Crippen molar-refractivity contribution in [3.05, 3.63) is 23.8 Å². The molecular weight excluding hydrogens is 244 g/mol. The van der Waals surface area contributed by atoms with E-state index in [1.807, 2.05) is 0 Å². The molecule has 0 aliphatic carbocycles. The van der Waals surface area contributed by atoms with E-state index in [1.54, 1.807) is 18.4 Å². The quantitative estimate of drug-likeness (QED) is 0.894. The molecule has 0 aliphatic rings. The van der Waals surface area contributed by atoms with Crippen LogP contribution in [0.2, 0.25) is 0 Å². The molecule has 0 bridgehead atoms. The van der Waals surface area contributed by atoms with Crippen LogP contribution in [0.25, 0.3) is 10.2 Å². The molecular formula is C14H20N2OS. The van der Waals surface area contributed by atoms with Gasteiger partial charge >= 0.3 is 0 Å². The van der Waals surface area contributed by atoms with Gasteiger partial charge in [-0.3, -0.25) is 0 Å². The van der Waals surface area contributed by atoms with E-state index in [9.17, 15) is 0 Å². The van der Waals surface area contributed by atoms with Crippen LogP contribution in [0.3, 0.4) is 0 Å². The van der Waals surface area contributed by atoms with Gasteiger partial charge < -0.3 is 10.1 Å². The third-order valence-corrected chi connectivity index (χ3v) is 4.03. The fourth-order valence-electron chi connectivity index (χ4n) is 1.89. The van der Waals surface area contributed by atoms with Crippen LogP contribution in [-0.4, -0.2) is 24.7 Å². The SMILES string of the molecule is COCC(Nc1nc2c(C)cccc2s1)C(C)C. The normalized spacial score (nSPS) is 13.2. The highest BCUT2D eigenvalue weighted by atomic mass is 32.1. The van der Waals surface area contributed by atoms with Crippen molar-refractivity contribution in [2.75, 3.05) is 19.0 Å². The van der Waals surface area contributed by atoms with Crippen LogP contribution in [0.4, 0.5) is 5.13 Å². The Hall–Kier alpha value is -1.13. The fourth-order valence-corrected chi connectivity index (χ4v) is 2.89. The molecule has 2 rings (SSSR count). The minimum absolute atomic E-state index is 0.302. The lowest BCUT2D eigenvalue weighted by atomic mass is 10.1. The third kappa shape index (κ3) is 2.82. The zero-order valence-electron chi connectivity index (χ0n) is 11.4. The molecule has 0 aliphatic heterocycles. The summed E-state index contributed by atoms with van der Waals surface area (Å²) in [5.41, 5.74) is 2.33. The third-order valence-electron chi connectivity index (χ3n) is 3.08. The van der Waals surface area contributed by atoms with Gasteiger partial charge in [0, 0.05) is 7.11 Å². The number of benzene rings is 1. The van der Waals surface area contributed by atoms with Gasteiger partial charge in [-0.05, 0) is 24.5 Å². The average molecular weight is 264 g/mol. The van der Waals surface area contributed by atoms with Crippen molar-refractivity contribution in [3.8, 4) is 0 Å². The number of aromatic nitrogens is 1. The van der Waals surface area contributed by atoms with Crippen molar-refractivity contribution < 1.29 is 4.74 Å². The van der Waals surface area contributed by atoms with E-state index in [4.69, 9.17) is 4.74 Å². The summed E-state index contributed by atoms with van der Waals surface area (Å²) in [6.45, 7) is 7.18. The highest BCUT2D eigenvalue weighted by molar-refractivity contribution is 7.22. The first-order valence-corrected chi connectivity index (χ1v) is 7.05. The van der Waals surface area contributed by atoms with E-state index in [0.717, 1.165) is 10.6 Å². The van der Waals surface area contributed by atoms with E-state index in [-0.39, 0.29) is 0 Å². The van der Waals surface area contributed by atoms with Gasteiger partial charge in [-0.15, -0.1) is 0 Å². The Morgan fingerprint density at radius 3 is 2.78 bits per heavy atom. The lowest BCUT2D eigenvalue weighted by Gasteiger charge is -2.20. The van der Waals surface area contributed by atoms with Crippen LogP contribution in [-0.2, 0) is 4.74 Å². The zero-order valence-corrected chi connectivity index (χ0v) is 12.2. The standard InChI is InChI=1S/C14H20N2OS/c1-9(2)11(8-17-4)15-14-16-13-10(3)6-5-7-12(13)18-14/h5-7,9,11H,8H2,1-4H3,(H,15,16). The number of fused-ring (bicyclic) bond motifs is 1. The van der Waals surface area contributed by atoms with Crippen molar-refractivity contribution >= 4 is 26.7 Å². The summed E-state index contributed by atoms with van der Waals surface area (Å²) in [6, 6.07) is 6.59. The maximum absolute atomic E-state index is 5.25. The highest BCUT2D eigenvalue weighted by Crippen LogP contribution is 2.28. The summed E-state index contributed by atoms with van der Waals surface area (Å²) in [5.74, 6) is 0.512. The summed E-state index contributed by atoms with van der Waals surface area (Å²) in [4.78, 5) is 4.67. The van der Waals surface area contributed by atoms with Gasteiger partial charge in [0.05, 0.1) is 22.9 Å². The summed E-state index contributed by atoms with van der Waals surface area (Å²) in [6.07, 6.45) is 0. The summed E-state index contributed by atoms with van der Waals surface area (Å²) in [5, 5.41) is 4.46. The van der Waals surface area contributed by atoms with Crippen molar-refractivity contribution in [2.45, 2.75) is 26.8 Å². The Kier molecular flexibility index (Phi) is 4.19. The monoisotopic (exact) mass is 264 g/mol. The van der Waals surface area contributed by atoms with E-state index in [2.05, 4.69) is 49.3 Å². The number of para-hydroxylation sites is 1. The second kappa shape index (κ2) is 5.67. The minimum atomic E-state index is 0.302. The van der Waals surface area contributed by atoms with Crippen LogP contribution >= 0.6 is 11.3 Å². The highest BCUT2D eigenvalue weighted by Gasteiger charge is 2.15. The zero-order chi connectivity index (χ0) is 13.1. The number of aryl methyl sites for hydroxylation is 1. The molecule has 0 radical (unpaired) electrons. The number of ether oxygens (including phenoxy) is 1. The second-order valence-electron chi connectivity index (χ2n) is 4.89. The molecule has 1 atom stereocenters. The maximum atomic E-state index is 5.25. The number of hydrogen-bond donors (Lipinski definition) is 1. The van der Waals surface area contributed by atoms with Gasteiger partial charge in [0.25, 0.3) is 0 Å². The molecule has 0 fully saturated rings. The Morgan fingerprint density at radius 1 is 1.39 bits per heavy atom. The van der Waals surface area contributed by atoms with Crippen molar-refractivity contribution in [2.24, 2.45) is 5.92 Å². The molecule has 1 heterocycles. The van der Waals surface area contributed by atoms with E-state index in [0.29, 0.717) is 18.6 Å². The van der Waals surface area contributed by atoms with Crippen LogP contribution < -0.4 is 5.32 Å². The van der Waals surface area contributed by atoms with Gasteiger partial charge in [0.2, 0.25) is 0 Å². The molecule has 4 heteroatoms. The van der Waals surface area contributed by atoms with E-state index in [1.165, 1.54) is 10.3 Å². The molecule has 0 saturated heterocycles.